The topological polar surface area (TPSA) is 37.8 Å². The van der Waals surface area contributed by atoms with Gasteiger partial charge in [-0.05, 0) is 70.1 Å². The van der Waals surface area contributed by atoms with Gasteiger partial charge in [0, 0.05) is 12.1 Å². The summed E-state index contributed by atoms with van der Waals surface area (Å²) < 4.78 is 15.1. The second kappa shape index (κ2) is 6.80. The van der Waals surface area contributed by atoms with Crippen molar-refractivity contribution in [2.75, 3.05) is 11.9 Å². The Balaban J connectivity index is 2.45. The smallest absolute Gasteiger partial charge is 0.161 e. The van der Waals surface area contributed by atoms with Crippen LogP contribution in [0.25, 0.3) is 11.4 Å². The number of rotatable bonds is 4. The SMILES string of the molecule is CCCNc1nc(-c2ccc(Br)c(F)c2)nc(C)c1I. The zero-order valence-electron chi connectivity index (χ0n) is 11.2. The third-order valence-corrected chi connectivity index (χ3v) is 4.67. The predicted octanol–water partition coefficient (Wildman–Crippen LogP) is 4.78. The summed E-state index contributed by atoms with van der Waals surface area (Å²) >= 11 is 5.37. The highest BCUT2D eigenvalue weighted by atomic mass is 127. The molecule has 20 heavy (non-hydrogen) atoms. The summed E-state index contributed by atoms with van der Waals surface area (Å²) in [6.45, 7) is 4.87. The van der Waals surface area contributed by atoms with E-state index in [1.54, 1.807) is 12.1 Å². The van der Waals surface area contributed by atoms with Crippen LogP contribution in [0.5, 0.6) is 0 Å². The van der Waals surface area contributed by atoms with Crippen LogP contribution in [0.1, 0.15) is 19.0 Å². The minimum absolute atomic E-state index is 0.314. The average molecular weight is 450 g/mol. The van der Waals surface area contributed by atoms with Gasteiger partial charge in [-0.25, -0.2) is 14.4 Å². The predicted molar refractivity (Wildman–Crippen MR) is 91.4 cm³/mol. The number of aryl methyl sites for hydroxylation is 1. The first kappa shape index (κ1) is 15.6. The summed E-state index contributed by atoms with van der Waals surface area (Å²) in [5, 5.41) is 3.28. The molecular formula is C14H14BrFIN3. The molecule has 0 saturated heterocycles. The van der Waals surface area contributed by atoms with Gasteiger partial charge in [-0.3, -0.25) is 0 Å². The van der Waals surface area contributed by atoms with Gasteiger partial charge in [-0.2, -0.15) is 0 Å². The highest BCUT2D eigenvalue weighted by Gasteiger charge is 2.11. The zero-order valence-corrected chi connectivity index (χ0v) is 14.9. The molecule has 1 aromatic heterocycles. The largest absolute Gasteiger partial charge is 0.369 e. The van der Waals surface area contributed by atoms with E-state index in [-0.39, 0.29) is 5.82 Å². The summed E-state index contributed by atoms with van der Waals surface area (Å²) in [6, 6.07) is 4.91. The first-order valence-corrected chi connectivity index (χ1v) is 8.13. The molecule has 0 spiro atoms. The molecule has 0 fully saturated rings. The summed E-state index contributed by atoms with van der Waals surface area (Å²) in [7, 11) is 0. The molecule has 0 amide bonds. The minimum Gasteiger partial charge on any atom is -0.369 e. The van der Waals surface area contributed by atoms with Crippen LogP contribution in [0.2, 0.25) is 0 Å². The highest BCUT2D eigenvalue weighted by Crippen LogP contribution is 2.26. The molecule has 0 aliphatic carbocycles. The van der Waals surface area contributed by atoms with Crippen LogP contribution >= 0.6 is 38.5 Å². The maximum Gasteiger partial charge on any atom is 0.161 e. The molecule has 2 rings (SSSR count). The van der Waals surface area contributed by atoms with E-state index in [0.29, 0.717) is 15.9 Å². The molecule has 1 aromatic carbocycles. The van der Waals surface area contributed by atoms with E-state index in [1.165, 1.54) is 6.07 Å². The van der Waals surface area contributed by atoms with Gasteiger partial charge in [0.15, 0.2) is 5.82 Å². The van der Waals surface area contributed by atoms with Gasteiger partial charge in [-0.15, -0.1) is 0 Å². The Hall–Kier alpha value is -0.760. The minimum atomic E-state index is -0.314. The number of hydrogen-bond acceptors (Lipinski definition) is 3. The molecule has 6 heteroatoms. The lowest BCUT2D eigenvalue weighted by molar-refractivity contribution is 0.621. The van der Waals surface area contributed by atoms with E-state index in [4.69, 9.17) is 0 Å². The lowest BCUT2D eigenvalue weighted by Gasteiger charge is -2.11. The maximum absolute atomic E-state index is 13.6. The van der Waals surface area contributed by atoms with Gasteiger partial charge < -0.3 is 5.32 Å². The third kappa shape index (κ3) is 3.46. The third-order valence-electron chi connectivity index (χ3n) is 2.74. The van der Waals surface area contributed by atoms with Crippen molar-refractivity contribution in [2.45, 2.75) is 20.3 Å². The second-order valence-electron chi connectivity index (χ2n) is 4.35. The Labute approximate surface area is 139 Å². The van der Waals surface area contributed by atoms with Crippen LogP contribution in [-0.2, 0) is 0 Å². The average Bonchev–Trinajstić information content (AvgIpc) is 2.43. The second-order valence-corrected chi connectivity index (χ2v) is 6.28. The molecular weight excluding hydrogens is 436 g/mol. The summed E-state index contributed by atoms with van der Waals surface area (Å²) in [5.41, 5.74) is 1.56. The van der Waals surface area contributed by atoms with Crippen LogP contribution in [0, 0.1) is 16.3 Å². The van der Waals surface area contributed by atoms with E-state index in [2.05, 4.69) is 60.7 Å². The fraction of sp³-hybridized carbons (Fsp3) is 0.286. The summed E-state index contributed by atoms with van der Waals surface area (Å²) in [5.74, 6) is 1.02. The van der Waals surface area contributed by atoms with E-state index in [0.717, 1.165) is 28.0 Å². The van der Waals surface area contributed by atoms with Crippen molar-refractivity contribution in [3.63, 3.8) is 0 Å². The van der Waals surface area contributed by atoms with Crippen LogP contribution < -0.4 is 5.32 Å². The van der Waals surface area contributed by atoms with Gasteiger partial charge in [0.05, 0.1) is 13.7 Å². The Kier molecular flexibility index (Phi) is 5.31. The number of nitrogens with one attached hydrogen (secondary N) is 1. The van der Waals surface area contributed by atoms with Crippen LogP contribution in [-0.4, -0.2) is 16.5 Å². The van der Waals surface area contributed by atoms with Crippen molar-refractivity contribution < 1.29 is 4.39 Å². The van der Waals surface area contributed by atoms with Gasteiger partial charge in [0.1, 0.15) is 11.6 Å². The molecule has 106 valence electrons. The van der Waals surface area contributed by atoms with Crippen molar-refractivity contribution in [3.8, 4) is 11.4 Å². The standard InChI is InChI=1S/C14H14BrFIN3/c1-3-6-18-14-12(17)8(2)19-13(20-14)9-4-5-10(15)11(16)7-9/h4-5,7H,3,6H2,1-2H3,(H,18,19,20). The van der Waals surface area contributed by atoms with E-state index in [9.17, 15) is 4.39 Å². The van der Waals surface area contributed by atoms with E-state index in [1.807, 2.05) is 6.92 Å². The van der Waals surface area contributed by atoms with Crippen molar-refractivity contribution in [3.05, 3.63) is 37.8 Å². The molecule has 1 heterocycles. The summed E-state index contributed by atoms with van der Waals surface area (Å²) in [6.07, 6.45) is 1.02. The highest BCUT2D eigenvalue weighted by molar-refractivity contribution is 14.1. The first-order valence-electron chi connectivity index (χ1n) is 6.26. The number of anilines is 1. The van der Waals surface area contributed by atoms with Crippen LogP contribution in [0.15, 0.2) is 22.7 Å². The number of hydrogen-bond donors (Lipinski definition) is 1. The van der Waals surface area contributed by atoms with Crippen molar-refractivity contribution in [1.29, 1.82) is 0 Å². The maximum atomic E-state index is 13.6. The molecule has 0 atom stereocenters. The molecule has 0 saturated carbocycles. The number of aromatic nitrogens is 2. The number of halogens is 3. The molecule has 0 aliphatic rings. The summed E-state index contributed by atoms with van der Waals surface area (Å²) in [4.78, 5) is 8.94. The fourth-order valence-corrected chi connectivity index (χ4v) is 2.36. The molecule has 0 radical (unpaired) electrons. The Morgan fingerprint density at radius 1 is 1.35 bits per heavy atom. The first-order chi connectivity index (χ1) is 9.52. The Morgan fingerprint density at radius 3 is 2.75 bits per heavy atom. The zero-order chi connectivity index (χ0) is 14.7. The van der Waals surface area contributed by atoms with Gasteiger partial charge in [-0.1, -0.05) is 6.92 Å². The van der Waals surface area contributed by atoms with Gasteiger partial charge in [0.25, 0.3) is 0 Å². The number of benzene rings is 1. The quantitative estimate of drug-likeness (QED) is 0.682. The van der Waals surface area contributed by atoms with Crippen molar-refractivity contribution in [1.82, 2.24) is 9.97 Å². The normalized spacial score (nSPS) is 10.7. The molecule has 3 nitrogen and oxygen atoms in total. The lowest BCUT2D eigenvalue weighted by atomic mass is 10.2. The molecule has 0 bridgehead atoms. The molecule has 0 aliphatic heterocycles. The molecule has 2 aromatic rings. The lowest BCUT2D eigenvalue weighted by Crippen LogP contribution is -2.07. The number of nitrogens with zero attached hydrogens (tertiary/aromatic N) is 2. The Morgan fingerprint density at radius 2 is 2.10 bits per heavy atom. The van der Waals surface area contributed by atoms with Gasteiger partial charge >= 0.3 is 0 Å². The van der Waals surface area contributed by atoms with Gasteiger partial charge in [0.2, 0.25) is 0 Å². The fourth-order valence-electron chi connectivity index (χ4n) is 1.68. The van der Waals surface area contributed by atoms with Crippen LogP contribution in [0.4, 0.5) is 10.2 Å². The van der Waals surface area contributed by atoms with E-state index >= 15 is 0 Å². The molecule has 0 unspecified atom stereocenters. The molecule has 1 N–H and O–H groups in total. The van der Waals surface area contributed by atoms with Crippen LogP contribution in [0.3, 0.4) is 0 Å². The Bertz CT molecular complexity index is 634. The van der Waals surface area contributed by atoms with E-state index < -0.39 is 0 Å². The monoisotopic (exact) mass is 449 g/mol. The van der Waals surface area contributed by atoms with Crippen molar-refractivity contribution in [2.24, 2.45) is 0 Å². The van der Waals surface area contributed by atoms with Crippen molar-refractivity contribution >= 4 is 44.3 Å².